The molecule has 0 unspecified atom stereocenters. The molecule has 24 heavy (non-hydrogen) atoms. The molecule has 1 aliphatic rings. The lowest BCUT2D eigenvalue weighted by atomic mass is 10.1. The van der Waals surface area contributed by atoms with Crippen molar-refractivity contribution in [2.24, 2.45) is 4.99 Å². The molecular formula is C19H11FN2O2. The topological polar surface area (TPSA) is 55.5 Å². The fourth-order valence-corrected chi connectivity index (χ4v) is 2.91. The van der Waals surface area contributed by atoms with E-state index >= 15 is 0 Å². The summed E-state index contributed by atoms with van der Waals surface area (Å²) in [5.74, 6) is -0.332. The molecule has 0 N–H and O–H groups in total. The number of hydrogen-bond acceptors (Lipinski definition) is 3. The summed E-state index contributed by atoms with van der Waals surface area (Å²) in [6.45, 7) is 0. The molecule has 0 aliphatic heterocycles. The van der Waals surface area contributed by atoms with Crippen LogP contribution in [0.5, 0.6) is 0 Å². The average molecular weight is 318 g/mol. The fourth-order valence-electron chi connectivity index (χ4n) is 2.91. The predicted molar refractivity (Wildman–Crippen MR) is 90.2 cm³/mol. The number of nitro groups is 1. The molecule has 0 aromatic heterocycles. The summed E-state index contributed by atoms with van der Waals surface area (Å²) in [7, 11) is 0. The van der Waals surface area contributed by atoms with Gasteiger partial charge in [-0.05, 0) is 41.5 Å². The maximum Gasteiger partial charge on any atom is 0.270 e. The summed E-state index contributed by atoms with van der Waals surface area (Å²) in [4.78, 5) is 15.3. The first-order valence-electron chi connectivity index (χ1n) is 7.36. The van der Waals surface area contributed by atoms with Crippen LogP contribution in [0.15, 0.2) is 71.7 Å². The first-order chi connectivity index (χ1) is 11.6. The van der Waals surface area contributed by atoms with Crippen molar-refractivity contribution in [3.8, 4) is 11.1 Å². The van der Waals surface area contributed by atoms with Crippen LogP contribution in [0, 0.1) is 15.9 Å². The highest BCUT2D eigenvalue weighted by atomic mass is 19.1. The number of halogens is 1. The number of rotatable bonds is 2. The second-order valence-electron chi connectivity index (χ2n) is 5.47. The van der Waals surface area contributed by atoms with Crippen molar-refractivity contribution in [1.82, 2.24) is 0 Å². The minimum atomic E-state index is -0.418. The van der Waals surface area contributed by atoms with Gasteiger partial charge >= 0.3 is 0 Å². The van der Waals surface area contributed by atoms with Crippen LogP contribution in [0.3, 0.4) is 0 Å². The smallest absolute Gasteiger partial charge is 0.258 e. The van der Waals surface area contributed by atoms with Gasteiger partial charge in [0.05, 0.1) is 16.3 Å². The molecule has 1 aliphatic carbocycles. The molecule has 0 heterocycles. The number of nitrogens with zero attached hydrogens (tertiary/aromatic N) is 2. The predicted octanol–water partition coefficient (Wildman–Crippen LogP) is 4.88. The van der Waals surface area contributed by atoms with Crippen LogP contribution in [0.2, 0.25) is 0 Å². The van der Waals surface area contributed by atoms with E-state index in [0.717, 1.165) is 22.3 Å². The molecule has 0 radical (unpaired) electrons. The van der Waals surface area contributed by atoms with Gasteiger partial charge in [-0.1, -0.05) is 24.3 Å². The van der Waals surface area contributed by atoms with Crippen molar-refractivity contribution < 1.29 is 9.31 Å². The van der Waals surface area contributed by atoms with Crippen molar-refractivity contribution in [3.05, 3.63) is 93.8 Å². The van der Waals surface area contributed by atoms with Crippen molar-refractivity contribution in [2.45, 2.75) is 0 Å². The van der Waals surface area contributed by atoms with Gasteiger partial charge in [0.15, 0.2) is 0 Å². The molecule has 0 amide bonds. The fraction of sp³-hybridized carbons (Fsp3) is 0. The van der Waals surface area contributed by atoms with Gasteiger partial charge in [0, 0.05) is 23.3 Å². The molecule has 0 atom stereocenters. The van der Waals surface area contributed by atoms with E-state index in [0.29, 0.717) is 11.4 Å². The molecular weight excluding hydrogens is 307 g/mol. The average Bonchev–Trinajstić information content (AvgIpc) is 2.90. The lowest BCUT2D eigenvalue weighted by Crippen LogP contribution is -1.99. The number of hydrogen-bond donors (Lipinski definition) is 0. The third-order valence-electron chi connectivity index (χ3n) is 4.01. The highest BCUT2D eigenvalue weighted by molar-refractivity contribution is 6.25. The highest BCUT2D eigenvalue weighted by Crippen LogP contribution is 2.39. The number of fused-ring (bicyclic) bond motifs is 3. The van der Waals surface area contributed by atoms with Gasteiger partial charge in [-0.25, -0.2) is 9.38 Å². The van der Waals surface area contributed by atoms with E-state index in [1.54, 1.807) is 18.2 Å². The molecule has 116 valence electrons. The van der Waals surface area contributed by atoms with E-state index < -0.39 is 4.92 Å². The summed E-state index contributed by atoms with van der Waals surface area (Å²) in [6, 6.07) is 18.4. The summed E-state index contributed by atoms with van der Waals surface area (Å²) in [5.41, 5.74) is 4.82. The maximum absolute atomic E-state index is 13.1. The Morgan fingerprint density at radius 2 is 1.50 bits per heavy atom. The summed E-state index contributed by atoms with van der Waals surface area (Å²) < 4.78 is 13.1. The van der Waals surface area contributed by atoms with Crippen LogP contribution in [0.25, 0.3) is 11.1 Å². The van der Waals surface area contributed by atoms with Crippen LogP contribution >= 0.6 is 0 Å². The Hall–Kier alpha value is -3.34. The molecule has 0 spiro atoms. The van der Waals surface area contributed by atoms with Crippen LogP contribution in [0.4, 0.5) is 15.8 Å². The summed E-state index contributed by atoms with van der Waals surface area (Å²) in [5, 5.41) is 11.1. The summed E-state index contributed by atoms with van der Waals surface area (Å²) >= 11 is 0. The quantitative estimate of drug-likeness (QED) is 0.390. The number of non-ortho nitro benzene ring substituents is 1. The molecule has 4 nitrogen and oxygen atoms in total. The number of aliphatic imine (C=N–C) groups is 1. The van der Waals surface area contributed by atoms with Gasteiger partial charge in [-0.15, -0.1) is 0 Å². The second-order valence-corrected chi connectivity index (χ2v) is 5.47. The van der Waals surface area contributed by atoms with Gasteiger partial charge < -0.3 is 0 Å². The Labute approximate surface area is 137 Å². The number of benzene rings is 3. The first kappa shape index (κ1) is 14.3. The van der Waals surface area contributed by atoms with Crippen LogP contribution in [0.1, 0.15) is 11.1 Å². The SMILES string of the molecule is O=[N+]([O-])c1ccc2c(c1)/C(=N/c1ccc(F)cc1)c1ccccc1-2. The number of nitro benzene ring substituents is 1. The van der Waals surface area contributed by atoms with E-state index in [2.05, 4.69) is 4.99 Å². The standard InChI is InChI=1S/C19H11FN2O2/c20-12-5-7-13(8-6-12)21-19-17-4-2-1-3-15(17)16-10-9-14(22(23)24)11-18(16)19/h1-11H/b21-19+. The monoisotopic (exact) mass is 318 g/mol. The van der Waals surface area contributed by atoms with E-state index in [1.165, 1.54) is 24.3 Å². The third-order valence-corrected chi connectivity index (χ3v) is 4.01. The van der Waals surface area contributed by atoms with Crippen LogP contribution < -0.4 is 0 Å². The Morgan fingerprint density at radius 1 is 0.833 bits per heavy atom. The molecule has 3 aromatic carbocycles. The largest absolute Gasteiger partial charge is 0.270 e. The van der Waals surface area contributed by atoms with Gasteiger partial charge in [0.2, 0.25) is 0 Å². The van der Waals surface area contributed by atoms with Crippen molar-refractivity contribution in [1.29, 1.82) is 0 Å². The summed E-state index contributed by atoms with van der Waals surface area (Å²) in [6.07, 6.45) is 0. The minimum absolute atomic E-state index is 0.0216. The zero-order chi connectivity index (χ0) is 16.7. The van der Waals surface area contributed by atoms with Crippen molar-refractivity contribution in [3.63, 3.8) is 0 Å². The van der Waals surface area contributed by atoms with Crippen molar-refractivity contribution >= 4 is 17.1 Å². The first-order valence-corrected chi connectivity index (χ1v) is 7.36. The Bertz CT molecular complexity index is 995. The molecule has 4 rings (SSSR count). The lowest BCUT2D eigenvalue weighted by Gasteiger charge is -2.02. The van der Waals surface area contributed by atoms with Crippen molar-refractivity contribution in [2.75, 3.05) is 0 Å². The highest BCUT2D eigenvalue weighted by Gasteiger charge is 2.26. The van der Waals surface area contributed by atoms with Gasteiger partial charge in [0.1, 0.15) is 5.82 Å². The van der Waals surface area contributed by atoms with Crippen LogP contribution in [-0.2, 0) is 0 Å². The van der Waals surface area contributed by atoms with E-state index in [-0.39, 0.29) is 11.5 Å². The molecule has 3 aromatic rings. The Balaban J connectivity index is 1.95. The van der Waals surface area contributed by atoms with Gasteiger partial charge in [-0.2, -0.15) is 0 Å². The Morgan fingerprint density at radius 3 is 2.21 bits per heavy atom. The van der Waals surface area contributed by atoms with Crippen LogP contribution in [-0.4, -0.2) is 10.6 Å². The normalized spacial score (nSPS) is 13.6. The zero-order valence-corrected chi connectivity index (χ0v) is 12.4. The van der Waals surface area contributed by atoms with E-state index in [9.17, 15) is 14.5 Å². The zero-order valence-electron chi connectivity index (χ0n) is 12.4. The van der Waals surface area contributed by atoms with E-state index in [1.807, 2.05) is 24.3 Å². The molecule has 5 heteroatoms. The van der Waals surface area contributed by atoms with E-state index in [4.69, 9.17) is 0 Å². The lowest BCUT2D eigenvalue weighted by molar-refractivity contribution is -0.384. The molecule has 0 fully saturated rings. The molecule has 0 saturated carbocycles. The maximum atomic E-state index is 13.1. The third kappa shape index (κ3) is 2.27. The Kier molecular flexibility index (Phi) is 3.20. The van der Waals surface area contributed by atoms with Gasteiger partial charge in [0.25, 0.3) is 5.69 Å². The molecule has 0 saturated heterocycles. The second kappa shape index (κ2) is 5.38. The minimum Gasteiger partial charge on any atom is -0.258 e. The van der Waals surface area contributed by atoms with Gasteiger partial charge in [-0.3, -0.25) is 10.1 Å². The molecule has 0 bridgehead atoms.